The third-order valence-electron chi connectivity index (χ3n) is 6.13. The number of fused-ring (bicyclic) bond motifs is 2. The molecule has 25 heavy (non-hydrogen) atoms. The molecule has 0 spiro atoms. The van der Waals surface area contributed by atoms with Gasteiger partial charge in [-0.1, -0.05) is 31.0 Å². The van der Waals surface area contributed by atoms with Gasteiger partial charge in [-0.2, -0.15) is 0 Å². The minimum atomic E-state index is -0.700. The molecule has 1 saturated heterocycles. The summed E-state index contributed by atoms with van der Waals surface area (Å²) in [5.74, 6) is -0.867. The number of nitrogens with zero attached hydrogens (tertiary/aromatic N) is 2. The van der Waals surface area contributed by atoms with Gasteiger partial charge in [0.25, 0.3) is 5.91 Å². The van der Waals surface area contributed by atoms with Crippen molar-refractivity contribution >= 4 is 22.8 Å². The van der Waals surface area contributed by atoms with E-state index in [2.05, 4.69) is 0 Å². The third-order valence-corrected chi connectivity index (χ3v) is 6.13. The molecule has 1 aliphatic heterocycles. The van der Waals surface area contributed by atoms with Crippen molar-refractivity contribution in [3.63, 3.8) is 0 Å². The van der Waals surface area contributed by atoms with Crippen LogP contribution in [-0.4, -0.2) is 39.0 Å². The Bertz CT molecular complexity index is 825. The highest BCUT2D eigenvalue weighted by Gasteiger charge is 2.44. The maximum absolute atomic E-state index is 13.3. The molecule has 3 unspecified atom stereocenters. The molecule has 2 aromatic rings. The van der Waals surface area contributed by atoms with Crippen LogP contribution in [-0.2, 0) is 11.8 Å². The number of carboxylic acid groups (broad SMARTS) is 1. The van der Waals surface area contributed by atoms with Gasteiger partial charge in [-0.05, 0) is 37.3 Å². The van der Waals surface area contributed by atoms with Crippen LogP contribution in [0.1, 0.15) is 42.6 Å². The second-order valence-electron chi connectivity index (χ2n) is 7.40. The quantitative estimate of drug-likeness (QED) is 0.912. The van der Waals surface area contributed by atoms with E-state index in [4.69, 9.17) is 0 Å². The molecular weight excluding hydrogens is 316 g/mol. The van der Waals surface area contributed by atoms with E-state index in [1.807, 2.05) is 46.8 Å². The second kappa shape index (κ2) is 6.21. The van der Waals surface area contributed by atoms with E-state index in [1.54, 1.807) is 0 Å². The smallest absolute Gasteiger partial charge is 0.306 e. The average molecular weight is 340 g/mol. The van der Waals surface area contributed by atoms with Crippen LogP contribution in [0.2, 0.25) is 0 Å². The highest BCUT2D eigenvalue weighted by Crippen LogP contribution is 2.40. The topological polar surface area (TPSA) is 62.5 Å². The highest BCUT2D eigenvalue weighted by atomic mass is 16.4. The third kappa shape index (κ3) is 2.62. The maximum Gasteiger partial charge on any atom is 0.306 e. The van der Waals surface area contributed by atoms with Crippen molar-refractivity contribution in [3.8, 4) is 0 Å². The maximum atomic E-state index is 13.3. The van der Waals surface area contributed by atoms with Gasteiger partial charge in [-0.25, -0.2) is 0 Å². The lowest BCUT2D eigenvalue weighted by Gasteiger charge is -2.46. The Kier molecular flexibility index (Phi) is 4.02. The second-order valence-corrected chi connectivity index (χ2v) is 7.40. The van der Waals surface area contributed by atoms with Crippen molar-refractivity contribution < 1.29 is 14.7 Å². The van der Waals surface area contributed by atoms with Crippen molar-refractivity contribution in [2.75, 3.05) is 6.54 Å². The fourth-order valence-corrected chi connectivity index (χ4v) is 4.85. The van der Waals surface area contributed by atoms with Gasteiger partial charge >= 0.3 is 5.97 Å². The van der Waals surface area contributed by atoms with Crippen LogP contribution in [0.15, 0.2) is 30.3 Å². The molecule has 1 saturated carbocycles. The number of hydrogen-bond donors (Lipinski definition) is 1. The molecule has 3 atom stereocenters. The van der Waals surface area contributed by atoms with Crippen molar-refractivity contribution in [2.24, 2.45) is 18.9 Å². The fourth-order valence-electron chi connectivity index (χ4n) is 4.85. The van der Waals surface area contributed by atoms with Crippen molar-refractivity contribution in [1.29, 1.82) is 0 Å². The Balaban J connectivity index is 1.67. The summed E-state index contributed by atoms with van der Waals surface area (Å²) in [5, 5.41) is 10.6. The Morgan fingerprint density at radius 3 is 2.64 bits per heavy atom. The van der Waals surface area contributed by atoms with Crippen molar-refractivity contribution in [2.45, 2.75) is 38.1 Å². The Morgan fingerprint density at radius 1 is 1.12 bits per heavy atom. The van der Waals surface area contributed by atoms with E-state index >= 15 is 0 Å². The number of hydrogen-bond acceptors (Lipinski definition) is 2. The predicted octanol–water partition coefficient (Wildman–Crippen LogP) is 3.28. The summed E-state index contributed by atoms with van der Waals surface area (Å²) in [4.78, 5) is 26.9. The number of aliphatic carboxylic acids is 1. The number of piperidine rings is 1. The molecule has 4 rings (SSSR count). The number of rotatable bonds is 2. The summed E-state index contributed by atoms with van der Waals surface area (Å²) in [6, 6.07) is 10.0. The molecule has 0 bridgehead atoms. The molecule has 1 amide bonds. The SMILES string of the molecule is Cn1c(C(=O)N2CCC(C(=O)O)C3CCCCC32)cc2ccccc21. The fraction of sp³-hybridized carbons (Fsp3) is 0.500. The summed E-state index contributed by atoms with van der Waals surface area (Å²) in [5.41, 5.74) is 1.74. The first-order valence-corrected chi connectivity index (χ1v) is 9.16. The van der Waals surface area contributed by atoms with E-state index in [0.29, 0.717) is 18.7 Å². The Labute approximate surface area is 147 Å². The van der Waals surface area contributed by atoms with Crippen LogP contribution < -0.4 is 0 Å². The normalized spacial score (nSPS) is 26.4. The zero-order valence-electron chi connectivity index (χ0n) is 14.5. The van der Waals surface area contributed by atoms with Crippen molar-refractivity contribution in [3.05, 3.63) is 36.0 Å². The first-order valence-electron chi connectivity index (χ1n) is 9.16. The first kappa shape index (κ1) is 16.2. The number of aromatic nitrogens is 1. The average Bonchev–Trinajstić information content (AvgIpc) is 2.97. The van der Waals surface area contributed by atoms with E-state index in [9.17, 15) is 14.7 Å². The molecule has 1 aromatic heterocycles. The number of carboxylic acids is 1. The zero-order valence-corrected chi connectivity index (χ0v) is 14.5. The van der Waals surface area contributed by atoms with Gasteiger partial charge in [0, 0.05) is 30.5 Å². The molecule has 2 fully saturated rings. The number of likely N-dealkylation sites (tertiary alicyclic amines) is 1. The van der Waals surface area contributed by atoms with Gasteiger partial charge in [0.2, 0.25) is 0 Å². The molecule has 1 aromatic carbocycles. The number of amides is 1. The first-order chi connectivity index (χ1) is 12.1. The van der Waals surface area contributed by atoms with E-state index < -0.39 is 5.97 Å². The van der Waals surface area contributed by atoms with Gasteiger partial charge < -0.3 is 14.6 Å². The number of carbonyl (C=O) groups is 2. The molecule has 1 aliphatic carbocycles. The molecule has 1 N–H and O–H groups in total. The number of para-hydroxylation sites is 1. The number of aryl methyl sites for hydroxylation is 1. The van der Waals surface area contributed by atoms with Gasteiger partial charge in [0.15, 0.2) is 0 Å². The van der Waals surface area contributed by atoms with E-state index in [0.717, 1.165) is 36.6 Å². The van der Waals surface area contributed by atoms with E-state index in [-0.39, 0.29) is 23.8 Å². The molecule has 2 aliphatic rings. The lowest BCUT2D eigenvalue weighted by Crippen LogP contribution is -2.54. The van der Waals surface area contributed by atoms with Gasteiger partial charge in [0.1, 0.15) is 5.69 Å². The standard InChI is InChI=1S/C20H24N2O3/c1-21-16-8-4-2-6-13(16)12-18(21)19(23)22-11-10-15(20(24)25)14-7-3-5-9-17(14)22/h2,4,6,8,12,14-15,17H,3,5,7,9-11H2,1H3,(H,24,25). The minimum Gasteiger partial charge on any atom is -0.481 e. The Hall–Kier alpha value is -2.30. The van der Waals surface area contributed by atoms with Crippen molar-refractivity contribution in [1.82, 2.24) is 9.47 Å². The van der Waals surface area contributed by atoms with Gasteiger partial charge in [-0.15, -0.1) is 0 Å². The Morgan fingerprint density at radius 2 is 1.88 bits per heavy atom. The summed E-state index contributed by atoms with van der Waals surface area (Å²) in [7, 11) is 1.93. The van der Waals surface area contributed by atoms with Crippen LogP contribution >= 0.6 is 0 Å². The predicted molar refractivity (Wildman–Crippen MR) is 95.4 cm³/mol. The summed E-state index contributed by atoms with van der Waals surface area (Å²) in [6.45, 7) is 0.540. The van der Waals surface area contributed by atoms with E-state index in [1.165, 1.54) is 0 Å². The van der Waals surface area contributed by atoms with Crippen LogP contribution in [0.5, 0.6) is 0 Å². The summed E-state index contributed by atoms with van der Waals surface area (Å²) >= 11 is 0. The molecule has 132 valence electrons. The molecule has 2 heterocycles. The van der Waals surface area contributed by atoms with Crippen LogP contribution in [0.3, 0.4) is 0 Å². The monoisotopic (exact) mass is 340 g/mol. The van der Waals surface area contributed by atoms with Crippen LogP contribution in [0.4, 0.5) is 0 Å². The number of benzene rings is 1. The molecular formula is C20H24N2O3. The lowest BCUT2D eigenvalue weighted by molar-refractivity contribution is -0.147. The summed E-state index contributed by atoms with van der Waals surface area (Å²) in [6.07, 6.45) is 4.55. The highest BCUT2D eigenvalue weighted by molar-refractivity contribution is 5.99. The molecule has 5 nitrogen and oxygen atoms in total. The van der Waals surface area contributed by atoms with Crippen LogP contribution in [0, 0.1) is 11.8 Å². The lowest BCUT2D eigenvalue weighted by atomic mass is 9.72. The van der Waals surface area contributed by atoms with Crippen LogP contribution in [0.25, 0.3) is 10.9 Å². The number of carbonyl (C=O) groups excluding carboxylic acids is 1. The largest absolute Gasteiger partial charge is 0.481 e. The zero-order chi connectivity index (χ0) is 17.6. The minimum absolute atomic E-state index is 0.0411. The van der Waals surface area contributed by atoms with Gasteiger partial charge in [0.05, 0.1) is 5.92 Å². The van der Waals surface area contributed by atoms with Gasteiger partial charge in [-0.3, -0.25) is 9.59 Å². The molecule has 5 heteroatoms. The molecule has 0 radical (unpaired) electrons. The summed E-state index contributed by atoms with van der Waals surface area (Å²) < 4.78 is 1.96.